The molecule has 4 N–H and O–H groups in total. The number of halogens is 1. The number of ether oxygens (including phenoxy) is 1. The van der Waals surface area contributed by atoms with Gasteiger partial charge in [0.2, 0.25) is 0 Å². The van der Waals surface area contributed by atoms with E-state index >= 15 is 0 Å². The van der Waals surface area contributed by atoms with E-state index in [4.69, 9.17) is 22.1 Å². The summed E-state index contributed by atoms with van der Waals surface area (Å²) in [5.41, 5.74) is 10.5. The third-order valence-electron chi connectivity index (χ3n) is 6.60. The molecule has 0 radical (unpaired) electrons. The number of H-pyrrole nitrogens is 1. The number of hydrogen-bond acceptors (Lipinski definition) is 8. The number of allylic oxidation sites excluding steroid dienone is 2. The third kappa shape index (κ3) is 4.02. The van der Waals surface area contributed by atoms with Crippen LogP contribution in [-0.2, 0) is 11.2 Å². The largest absolute Gasteiger partial charge is 0.462 e. The van der Waals surface area contributed by atoms with Gasteiger partial charge in [-0.1, -0.05) is 41.9 Å². The summed E-state index contributed by atoms with van der Waals surface area (Å²) in [6, 6.07) is 16.2. The number of nitrogens with two attached hydrogens (primary N) is 1. The molecule has 2 aromatic heterocycles. The maximum atomic E-state index is 13.2. The van der Waals surface area contributed by atoms with Crippen LogP contribution in [0.5, 0.6) is 0 Å². The second-order valence-electron chi connectivity index (χ2n) is 8.87. The van der Waals surface area contributed by atoms with Crippen molar-refractivity contribution in [2.24, 2.45) is 10.2 Å². The Kier molecular flexibility index (Phi) is 6.13. The van der Waals surface area contributed by atoms with Crippen molar-refractivity contribution in [3.63, 3.8) is 0 Å². The molecule has 38 heavy (non-hydrogen) atoms. The van der Waals surface area contributed by atoms with Gasteiger partial charge >= 0.3 is 5.97 Å². The van der Waals surface area contributed by atoms with Crippen LogP contribution in [0.25, 0.3) is 5.57 Å². The highest BCUT2D eigenvalue weighted by Crippen LogP contribution is 2.51. The van der Waals surface area contributed by atoms with E-state index in [1.165, 1.54) is 11.3 Å². The fraction of sp³-hybridized carbons (Fsp3) is 0.185. The molecule has 1 unspecified atom stereocenters. The van der Waals surface area contributed by atoms with Gasteiger partial charge < -0.3 is 15.8 Å². The molecule has 9 nitrogen and oxygen atoms in total. The van der Waals surface area contributed by atoms with Crippen LogP contribution < -0.4 is 16.6 Å². The van der Waals surface area contributed by atoms with Gasteiger partial charge in [-0.2, -0.15) is 5.11 Å². The molecular weight excluding hydrogens is 524 g/mol. The number of hydrogen-bond donors (Lipinski definition) is 3. The van der Waals surface area contributed by atoms with Crippen molar-refractivity contribution in [1.29, 1.82) is 0 Å². The van der Waals surface area contributed by atoms with E-state index in [1.807, 2.05) is 42.5 Å². The number of nitrogens with zero attached hydrogens (tertiary/aromatic N) is 3. The van der Waals surface area contributed by atoms with Crippen molar-refractivity contribution in [3.8, 4) is 0 Å². The van der Waals surface area contributed by atoms with Crippen molar-refractivity contribution in [2.45, 2.75) is 25.8 Å². The topological polar surface area (TPSA) is 127 Å². The van der Waals surface area contributed by atoms with Crippen LogP contribution in [0.3, 0.4) is 0 Å². The predicted molar refractivity (Wildman–Crippen MR) is 149 cm³/mol. The number of thiophene rings is 1. The van der Waals surface area contributed by atoms with E-state index in [0.29, 0.717) is 39.9 Å². The smallest absolute Gasteiger partial charge is 0.341 e. The lowest BCUT2D eigenvalue weighted by atomic mass is 9.83. The van der Waals surface area contributed by atoms with Crippen molar-refractivity contribution in [2.75, 3.05) is 17.7 Å². The number of carbonyl (C=O) groups is 1. The number of benzene rings is 2. The molecule has 2 aliphatic rings. The first-order valence-corrected chi connectivity index (χ1v) is 13.3. The summed E-state index contributed by atoms with van der Waals surface area (Å²) in [4.78, 5) is 27.2. The number of nitrogen functional groups attached to an aromatic ring is 1. The molecular formula is C27H23ClN6O3S. The van der Waals surface area contributed by atoms with Crippen molar-refractivity contribution < 1.29 is 9.53 Å². The van der Waals surface area contributed by atoms with Crippen LogP contribution in [0.15, 0.2) is 75.3 Å². The van der Waals surface area contributed by atoms with Crippen LogP contribution in [0, 0.1) is 0 Å². The molecule has 0 bridgehead atoms. The minimum Gasteiger partial charge on any atom is -0.462 e. The van der Waals surface area contributed by atoms with Gasteiger partial charge in [0.15, 0.2) is 11.5 Å². The number of carbonyl (C=O) groups excluding carboxylic acids is 1. The zero-order valence-electron chi connectivity index (χ0n) is 20.3. The number of aromatic amines is 1. The lowest BCUT2D eigenvalue weighted by molar-refractivity contribution is 0.0527. The summed E-state index contributed by atoms with van der Waals surface area (Å²) in [5, 5.41) is 16.0. The maximum absolute atomic E-state index is 13.2. The molecule has 3 heterocycles. The van der Waals surface area contributed by atoms with E-state index in [1.54, 1.807) is 23.7 Å². The van der Waals surface area contributed by atoms with E-state index in [0.717, 1.165) is 27.3 Å². The SMILES string of the molecule is CCOC(=O)c1c(N)sc2c1C1=C(CC2)Nc2c(N=Nc3ccccc3)c(=O)[nH]n2C1c1ccc(Cl)cc1. The average Bonchev–Trinajstić information content (AvgIpc) is 3.42. The monoisotopic (exact) mass is 546 g/mol. The summed E-state index contributed by atoms with van der Waals surface area (Å²) in [5.74, 6) is 0.0352. The minimum absolute atomic E-state index is 0.167. The fourth-order valence-corrected chi connectivity index (χ4v) is 6.20. The lowest BCUT2D eigenvalue weighted by Gasteiger charge is -2.35. The number of aromatic nitrogens is 2. The molecule has 1 atom stereocenters. The molecule has 1 aliphatic heterocycles. The first kappa shape index (κ1) is 24.2. The second-order valence-corrected chi connectivity index (χ2v) is 10.4. The molecule has 0 saturated carbocycles. The zero-order chi connectivity index (χ0) is 26.4. The molecule has 6 rings (SSSR count). The van der Waals surface area contributed by atoms with Crippen molar-refractivity contribution in [3.05, 3.63) is 97.2 Å². The molecule has 0 spiro atoms. The minimum atomic E-state index is -0.479. The summed E-state index contributed by atoms with van der Waals surface area (Å²) in [6.45, 7) is 2.00. The Labute approximate surface area is 226 Å². The molecule has 2 aromatic carbocycles. The van der Waals surface area contributed by atoms with Crippen molar-refractivity contribution in [1.82, 2.24) is 9.78 Å². The Morgan fingerprint density at radius 3 is 2.66 bits per heavy atom. The number of fused-ring (bicyclic) bond motifs is 3. The zero-order valence-corrected chi connectivity index (χ0v) is 21.9. The Morgan fingerprint density at radius 2 is 1.92 bits per heavy atom. The van der Waals surface area contributed by atoms with Gasteiger partial charge in [-0.15, -0.1) is 16.5 Å². The molecule has 0 fully saturated rings. The molecule has 0 amide bonds. The number of aryl methyl sites for hydroxylation is 1. The standard InChI is InChI=1S/C27H23ClN6O3S/c1-2-37-27(36)21-20-18(38-24(21)29)13-12-17-19(20)23(14-8-10-15(28)11-9-14)34-25(30-17)22(26(35)33-34)32-31-16-6-4-3-5-7-16/h3-11,23,30H,2,12-13,29H2,1H3,(H,33,35). The number of rotatable bonds is 5. The molecule has 11 heteroatoms. The average molecular weight is 547 g/mol. The van der Waals surface area contributed by atoms with Gasteiger partial charge in [-0.3, -0.25) is 14.6 Å². The van der Waals surface area contributed by atoms with Crippen LogP contribution in [0.2, 0.25) is 5.02 Å². The Hall–Kier alpha value is -4.15. The molecule has 1 aliphatic carbocycles. The maximum Gasteiger partial charge on any atom is 0.341 e. The van der Waals surface area contributed by atoms with Gasteiger partial charge in [0.25, 0.3) is 5.56 Å². The summed E-state index contributed by atoms with van der Waals surface area (Å²) >= 11 is 7.61. The van der Waals surface area contributed by atoms with Crippen LogP contribution in [-0.4, -0.2) is 22.4 Å². The third-order valence-corrected chi connectivity index (χ3v) is 7.93. The number of anilines is 2. The van der Waals surface area contributed by atoms with Gasteiger partial charge in [0, 0.05) is 26.7 Å². The van der Waals surface area contributed by atoms with E-state index in [2.05, 4.69) is 20.6 Å². The Balaban J connectivity index is 1.56. The second kappa shape index (κ2) is 9.62. The summed E-state index contributed by atoms with van der Waals surface area (Å²) < 4.78 is 7.11. The Morgan fingerprint density at radius 1 is 1.16 bits per heavy atom. The normalized spacial score (nSPS) is 16.1. The van der Waals surface area contributed by atoms with Gasteiger partial charge in [-0.05, 0) is 49.6 Å². The van der Waals surface area contributed by atoms with Gasteiger partial charge in [0.1, 0.15) is 16.6 Å². The van der Waals surface area contributed by atoms with E-state index in [-0.39, 0.29) is 17.9 Å². The highest BCUT2D eigenvalue weighted by atomic mass is 35.5. The molecule has 0 saturated heterocycles. The van der Waals surface area contributed by atoms with Crippen molar-refractivity contribution >= 4 is 56.7 Å². The highest BCUT2D eigenvalue weighted by Gasteiger charge is 2.40. The molecule has 4 aromatic rings. The summed E-state index contributed by atoms with van der Waals surface area (Å²) in [6.07, 6.45) is 1.36. The number of azo groups is 1. The lowest BCUT2D eigenvalue weighted by Crippen LogP contribution is -2.28. The fourth-order valence-electron chi connectivity index (χ4n) is 5.00. The van der Waals surface area contributed by atoms with Crippen LogP contribution in [0.4, 0.5) is 22.2 Å². The quantitative estimate of drug-likeness (QED) is 0.196. The van der Waals surface area contributed by atoms with Gasteiger partial charge in [-0.25, -0.2) is 4.79 Å². The van der Waals surface area contributed by atoms with E-state index < -0.39 is 12.0 Å². The first-order valence-electron chi connectivity index (χ1n) is 12.1. The first-order chi connectivity index (χ1) is 18.5. The van der Waals surface area contributed by atoms with Crippen LogP contribution >= 0.6 is 22.9 Å². The van der Waals surface area contributed by atoms with E-state index in [9.17, 15) is 9.59 Å². The van der Waals surface area contributed by atoms with Gasteiger partial charge in [0.05, 0.1) is 12.3 Å². The Bertz CT molecular complexity index is 1670. The molecule has 192 valence electrons. The number of esters is 1. The highest BCUT2D eigenvalue weighted by molar-refractivity contribution is 7.16. The summed E-state index contributed by atoms with van der Waals surface area (Å²) in [7, 11) is 0. The number of nitrogens with one attached hydrogen (secondary N) is 2. The predicted octanol–water partition coefficient (Wildman–Crippen LogP) is 6.44. The van der Waals surface area contributed by atoms with Crippen LogP contribution in [0.1, 0.15) is 45.7 Å².